The van der Waals surface area contributed by atoms with Gasteiger partial charge < -0.3 is 5.73 Å². The Morgan fingerprint density at radius 1 is 1.33 bits per heavy atom. The van der Waals surface area contributed by atoms with E-state index in [1.165, 1.54) is 5.56 Å². The maximum atomic E-state index is 5.46. The first-order chi connectivity index (χ1) is 3.79. The number of nitrogen functional groups attached to an aromatic ring is 1. The molecule has 0 radical (unpaired) electrons. The summed E-state index contributed by atoms with van der Waals surface area (Å²) in [6.07, 6.45) is 0. The number of benzene rings is 1. The fourth-order valence-corrected chi connectivity index (χ4v) is 0.670. The minimum atomic E-state index is 0. The van der Waals surface area contributed by atoms with Crippen LogP contribution in [0, 0.1) is 6.92 Å². The Morgan fingerprint density at radius 2 is 2.00 bits per heavy atom. The van der Waals surface area contributed by atoms with Crippen molar-refractivity contribution in [3.63, 3.8) is 0 Å². The van der Waals surface area contributed by atoms with E-state index in [1.54, 1.807) is 0 Å². The van der Waals surface area contributed by atoms with Gasteiger partial charge in [0.05, 0.1) is 0 Å². The molecule has 1 rings (SSSR count). The van der Waals surface area contributed by atoms with Crippen LogP contribution in [0.25, 0.3) is 0 Å². The van der Waals surface area contributed by atoms with Crippen LogP contribution in [0.5, 0.6) is 0 Å². The van der Waals surface area contributed by atoms with Gasteiger partial charge in [-0.25, -0.2) is 0 Å². The zero-order chi connectivity index (χ0) is 5.98. The van der Waals surface area contributed by atoms with E-state index in [0.29, 0.717) is 0 Å². The van der Waals surface area contributed by atoms with Crippen molar-refractivity contribution in [1.82, 2.24) is 0 Å². The Morgan fingerprint density at radius 3 is 2.33 bits per heavy atom. The molecule has 1 nitrogen and oxygen atoms in total. The second-order valence-electron chi connectivity index (χ2n) is 1.91. The van der Waals surface area contributed by atoms with Crippen LogP contribution in [0.2, 0.25) is 0 Å². The summed E-state index contributed by atoms with van der Waals surface area (Å²) in [5, 5.41) is 0. The molecule has 0 aliphatic carbocycles. The number of hydrogen-bond acceptors (Lipinski definition) is 1. The van der Waals surface area contributed by atoms with E-state index in [2.05, 4.69) is 0 Å². The van der Waals surface area contributed by atoms with E-state index < -0.39 is 0 Å². The molecule has 0 atom stereocenters. The van der Waals surface area contributed by atoms with E-state index >= 15 is 0 Å². The van der Waals surface area contributed by atoms with Gasteiger partial charge >= 0.3 is 51.4 Å². The van der Waals surface area contributed by atoms with Crippen molar-refractivity contribution in [3.8, 4) is 0 Å². The van der Waals surface area contributed by atoms with Crippen molar-refractivity contribution in [3.05, 3.63) is 29.8 Å². The Bertz CT molecular complexity index is 169. The third-order valence-corrected chi connectivity index (χ3v) is 1.04. The minimum absolute atomic E-state index is 0. The van der Waals surface area contributed by atoms with Gasteiger partial charge in [-0.2, -0.15) is 0 Å². The predicted octanol–water partition coefficient (Wildman–Crippen LogP) is 0.929. The van der Waals surface area contributed by atoms with Gasteiger partial charge in [-0.1, -0.05) is 12.1 Å². The third-order valence-electron chi connectivity index (χ3n) is 1.04. The van der Waals surface area contributed by atoms with Crippen molar-refractivity contribution >= 4 is 57.1 Å². The molecule has 0 bridgehead atoms. The first-order valence-corrected chi connectivity index (χ1v) is 2.61. The Kier molecular flexibility index (Phi) is 4.79. The van der Waals surface area contributed by atoms with E-state index in [4.69, 9.17) is 5.73 Å². The zero-order valence-corrected chi connectivity index (χ0v) is 4.89. The van der Waals surface area contributed by atoms with Crippen molar-refractivity contribution in [2.75, 3.05) is 5.73 Å². The summed E-state index contributed by atoms with van der Waals surface area (Å²) in [7, 11) is 0. The van der Waals surface area contributed by atoms with Gasteiger partial charge in [-0.15, -0.1) is 0 Å². The Labute approximate surface area is 98.1 Å². The summed E-state index contributed by atoms with van der Waals surface area (Å²) in [6, 6.07) is 7.80. The number of anilines is 1. The molecule has 2 N–H and O–H groups in total. The Balaban J connectivity index is 0.000000640. The average Bonchev–Trinajstić information content (AvgIpc) is 1.64. The standard InChI is InChI=1S/C7H9N.K.H/c1-6-3-2-4-7(8)5-6;;/h2-5H,8H2,1H3;;. The molecule has 0 amide bonds. The van der Waals surface area contributed by atoms with E-state index in [-0.39, 0.29) is 51.4 Å². The number of aryl methyl sites for hydroxylation is 1. The van der Waals surface area contributed by atoms with Gasteiger partial charge in [0.1, 0.15) is 0 Å². The third kappa shape index (κ3) is 3.38. The maximum absolute atomic E-state index is 5.46. The predicted molar refractivity (Wildman–Crippen MR) is 42.7 cm³/mol. The number of hydrogen-bond donors (Lipinski definition) is 1. The molecule has 0 saturated heterocycles. The van der Waals surface area contributed by atoms with Crippen molar-refractivity contribution < 1.29 is 0 Å². The number of rotatable bonds is 0. The quantitative estimate of drug-likeness (QED) is 0.429. The second kappa shape index (κ2) is 4.47. The van der Waals surface area contributed by atoms with Gasteiger partial charge in [0.2, 0.25) is 0 Å². The first kappa shape index (κ1) is 9.66. The fourth-order valence-electron chi connectivity index (χ4n) is 0.670. The topological polar surface area (TPSA) is 26.0 Å². The van der Waals surface area contributed by atoms with Gasteiger partial charge in [0.25, 0.3) is 0 Å². The van der Waals surface area contributed by atoms with Gasteiger partial charge in [-0.3, -0.25) is 0 Å². The molecule has 0 heterocycles. The van der Waals surface area contributed by atoms with Crippen LogP contribution in [-0.2, 0) is 0 Å². The Hall–Kier alpha value is 0.656. The molecule has 0 saturated carbocycles. The molecule has 1 aromatic rings. The number of nitrogens with two attached hydrogens (primary N) is 1. The van der Waals surface area contributed by atoms with E-state index in [0.717, 1.165) is 5.69 Å². The molecule has 1 aromatic carbocycles. The molecule has 0 aliphatic rings. The second-order valence-corrected chi connectivity index (χ2v) is 1.91. The average molecular weight is 147 g/mol. The molecule has 0 fully saturated rings. The first-order valence-electron chi connectivity index (χ1n) is 2.61. The molecule has 0 spiro atoms. The van der Waals surface area contributed by atoms with Crippen molar-refractivity contribution in [2.24, 2.45) is 0 Å². The van der Waals surface area contributed by atoms with Crippen LogP contribution >= 0.6 is 0 Å². The van der Waals surface area contributed by atoms with Crippen LogP contribution in [-0.4, -0.2) is 51.4 Å². The van der Waals surface area contributed by atoms with Crippen LogP contribution < -0.4 is 5.73 Å². The monoisotopic (exact) mass is 147 g/mol. The summed E-state index contributed by atoms with van der Waals surface area (Å²) in [5.41, 5.74) is 7.51. The van der Waals surface area contributed by atoms with Crippen molar-refractivity contribution in [2.45, 2.75) is 6.92 Å². The molecule has 0 aliphatic heterocycles. The van der Waals surface area contributed by atoms with Gasteiger partial charge in [0, 0.05) is 5.69 Å². The van der Waals surface area contributed by atoms with Crippen LogP contribution in [0.15, 0.2) is 24.3 Å². The van der Waals surface area contributed by atoms with E-state index in [9.17, 15) is 0 Å². The zero-order valence-electron chi connectivity index (χ0n) is 4.89. The molecular weight excluding hydrogens is 137 g/mol. The van der Waals surface area contributed by atoms with Crippen LogP contribution in [0.4, 0.5) is 5.69 Å². The van der Waals surface area contributed by atoms with E-state index in [1.807, 2.05) is 31.2 Å². The van der Waals surface area contributed by atoms with Crippen LogP contribution in [0.3, 0.4) is 0 Å². The molecule has 9 heavy (non-hydrogen) atoms. The molecule has 2 heteroatoms. The summed E-state index contributed by atoms with van der Waals surface area (Å²) >= 11 is 0. The molecule has 0 aromatic heterocycles. The van der Waals surface area contributed by atoms with Gasteiger partial charge in [-0.05, 0) is 24.6 Å². The molecule has 44 valence electrons. The summed E-state index contributed by atoms with van der Waals surface area (Å²) in [4.78, 5) is 0. The molecular formula is C7H10KN. The summed E-state index contributed by atoms with van der Waals surface area (Å²) in [5.74, 6) is 0. The normalized spacial score (nSPS) is 8.11. The molecule has 0 unspecified atom stereocenters. The summed E-state index contributed by atoms with van der Waals surface area (Å²) < 4.78 is 0. The summed E-state index contributed by atoms with van der Waals surface area (Å²) in [6.45, 7) is 2.02. The SMILES string of the molecule is Cc1cccc(N)c1.[KH]. The van der Waals surface area contributed by atoms with Crippen LogP contribution in [0.1, 0.15) is 5.56 Å². The van der Waals surface area contributed by atoms with Crippen molar-refractivity contribution in [1.29, 1.82) is 0 Å². The van der Waals surface area contributed by atoms with Gasteiger partial charge in [0.15, 0.2) is 0 Å². The fraction of sp³-hybridized carbons (Fsp3) is 0.143.